The predicted molar refractivity (Wildman–Crippen MR) is 102 cm³/mol. The van der Waals surface area contributed by atoms with E-state index in [9.17, 15) is 28.3 Å². The molecule has 8 heteroatoms. The zero-order valence-electron chi connectivity index (χ0n) is 15.0. The van der Waals surface area contributed by atoms with Crippen molar-refractivity contribution >= 4 is 28.6 Å². The van der Waals surface area contributed by atoms with E-state index in [1.54, 1.807) is 24.3 Å². The van der Waals surface area contributed by atoms with E-state index in [0.717, 1.165) is 18.2 Å². The van der Waals surface area contributed by atoms with E-state index in [-0.39, 0.29) is 29.8 Å². The Hall–Kier alpha value is -3.81. The van der Waals surface area contributed by atoms with Crippen LogP contribution in [0.4, 0.5) is 8.78 Å². The summed E-state index contributed by atoms with van der Waals surface area (Å²) in [7, 11) is 0. The first-order valence-electron chi connectivity index (χ1n) is 8.64. The molecule has 0 heterocycles. The molecule has 0 bridgehead atoms. The van der Waals surface area contributed by atoms with Gasteiger partial charge in [0.05, 0.1) is 11.1 Å². The van der Waals surface area contributed by atoms with Gasteiger partial charge in [-0.15, -0.1) is 0 Å². The standard InChI is InChI=1S/C21H16F2N2O4/c22-17-6-5-14(11-18(17)23)19(26)24-7-8-25-20(27)15-9-12-3-1-2-4-13(12)10-16(15)21(28)29/h1-6,9-11H,7-8H2,(H,24,26)(H,25,27)(H,28,29). The lowest BCUT2D eigenvalue weighted by atomic mass is 10.0. The highest BCUT2D eigenvalue weighted by Crippen LogP contribution is 2.20. The molecule has 3 aromatic rings. The number of carboxylic acid groups (broad SMARTS) is 1. The number of rotatable bonds is 6. The number of hydrogen-bond acceptors (Lipinski definition) is 3. The molecule has 0 unspecified atom stereocenters. The van der Waals surface area contributed by atoms with Crippen molar-refractivity contribution in [3.05, 3.63) is 82.9 Å². The van der Waals surface area contributed by atoms with Gasteiger partial charge in [0, 0.05) is 18.7 Å². The van der Waals surface area contributed by atoms with Gasteiger partial charge in [-0.05, 0) is 41.1 Å². The number of halogens is 2. The molecule has 0 aromatic heterocycles. The first kappa shape index (κ1) is 19.9. The van der Waals surface area contributed by atoms with Gasteiger partial charge in [0.1, 0.15) is 0 Å². The third-order valence-electron chi connectivity index (χ3n) is 4.24. The van der Waals surface area contributed by atoms with Gasteiger partial charge in [-0.2, -0.15) is 0 Å². The summed E-state index contributed by atoms with van der Waals surface area (Å²) in [6.07, 6.45) is 0. The lowest BCUT2D eigenvalue weighted by molar-refractivity contribution is 0.0691. The highest BCUT2D eigenvalue weighted by atomic mass is 19.2. The molecule has 0 aliphatic heterocycles. The lowest BCUT2D eigenvalue weighted by Gasteiger charge is -2.10. The van der Waals surface area contributed by atoms with Crippen LogP contribution in [0.1, 0.15) is 31.1 Å². The van der Waals surface area contributed by atoms with Crippen molar-refractivity contribution in [2.75, 3.05) is 13.1 Å². The third kappa shape index (κ3) is 4.55. The van der Waals surface area contributed by atoms with Crippen LogP contribution in [-0.4, -0.2) is 36.0 Å². The highest BCUT2D eigenvalue weighted by Gasteiger charge is 2.17. The summed E-state index contributed by atoms with van der Waals surface area (Å²) >= 11 is 0. The molecule has 0 saturated heterocycles. The number of amides is 2. The zero-order valence-corrected chi connectivity index (χ0v) is 15.0. The molecule has 0 atom stereocenters. The Balaban J connectivity index is 1.63. The van der Waals surface area contributed by atoms with Gasteiger partial charge in [-0.1, -0.05) is 24.3 Å². The Labute approximate surface area is 164 Å². The molecule has 0 radical (unpaired) electrons. The topological polar surface area (TPSA) is 95.5 Å². The van der Waals surface area contributed by atoms with Crippen molar-refractivity contribution < 1.29 is 28.3 Å². The average Bonchev–Trinajstić information content (AvgIpc) is 2.71. The zero-order chi connectivity index (χ0) is 21.0. The van der Waals surface area contributed by atoms with Crippen LogP contribution in [0, 0.1) is 11.6 Å². The molecule has 0 saturated carbocycles. The van der Waals surface area contributed by atoms with Crippen LogP contribution in [0.25, 0.3) is 10.8 Å². The minimum absolute atomic E-state index is 0.00290. The Morgan fingerprint density at radius 1 is 0.759 bits per heavy atom. The van der Waals surface area contributed by atoms with E-state index in [0.29, 0.717) is 10.8 Å². The molecule has 6 nitrogen and oxygen atoms in total. The van der Waals surface area contributed by atoms with Crippen LogP contribution in [-0.2, 0) is 0 Å². The first-order valence-corrected chi connectivity index (χ1v) is 8.64. The molecule has 0 aliphatic carbocycles. The van der Waals surface area contributed by atoms with Crippen molar-refractivity contribution in [1.82, 2.24) is 10.6 Å². The van der Waals surface area contributed by atoms with Crippen LogP contribution in [0.5, 0.6) is 0 Å². The number of benzene rings is 3. The van der Waals surface area contributed by atoms with Crippen LogP contribution < -0.4 is 10.6 Å². The third-order valence-corrected chi connectivity index (χ3v) is 4.24. The summed E-state index contributed by atoms with van der Waals surface area (Å²) in [6.45, 7) is 0.0275. The van der Waals surface area contributed by atoms with Crippen LogP contribution in [0.15, 0.2) is 54.6 Å². The van der Waals surface area contributed by atoms with Crippen molar-refractivity contribution in [2.45, 2.75) is 0 Å². The summed E-state index contributed by atoms with van der Waals surface area (Å²) in [5.41, 5.74) is -0.187. The van der Waals surface area contributed by atoms with Gasteiger partial charge >= 0.3 is 5.97 Å². The summed E-state index contributed by atoms with van der Waals surface area (Å²) in [5.74, 6) is -4.65. The maximum absolute atomic E-state index is 13.2. The molecule has 148 valence electrons. The van der Waals surface area contributed by atoms with E-state index in [4.69, 9.17) is 0 Å². The van der Waals surface area contributed by atoms with Gasteiger partial charge < -0.3 is 15.7 Å². The average molecular weight is 398 g/mol. The number of carbonyl (C=O) groups excluding carboxylic acids is 2. The van der Waals surface area contributed by atoms with Gasteiger partial charge in [-0.3, -0.25) is 9.59 Å². The smallest absolute Gasteiger partial charge is 0.336 e. The van der Waals surface area contributed by atoms with Gasteiger partial charge in [-0.25, -0.2) is 13.6 Å². The van der Waals surface area contributed by atoms with Crippen molar-refractivity contribution in [3.63, 3.8) is 0 Å². The van der Waals surface area contributed by atoms with Crippen LogP contribution in [0.3, 0.4) is 0 Å². The molecule has 0 fully saturated rings. The summed E-state index contributed by atoms with van der Waals surface area (Å²) < 4.78 is 26.1. The van der Waals surface area contributed by atoms with Crippen LogP contribution >= 0.6 is 0 Å². The molecule has 3 aromatic carbocycles. The molecule has 0 aliphatic rings. The Morgan fingerprint density at radius 2 is 1.34 bits per heavy atom. The highest BCUT2D eigenvalue weighted by molar-refractivity contribution is 6.08. The maximum atomic E-state index is 13.2. The van der Waals surface area contributed by atoms with Gasteiger partial charge in [0.25, 0.3) is 11.8 Å². The number of fused-ring (bicyclic) bond motifs is 1. The molecule has 3 N–H and O–H groups in total. The quantitative estimate of drug-likeness (QED) is 0.557. The fraction of sp³-hybridized carbons (Fsp3) is 0.0952. The van der Waals surface area contributed by atoms with E-state index < -0.39 is 29.4 Å². The Kier molecular flexibility index (Phi) is 5.82. The lowest BCUT2D eigenvalue weighted by Crippen LogP contribution is -2.35. The monoisotopic (exact) mass is 398 g/mol. The predicted octanol–water partition coefficient (Wildman–Crippen LogP) is 2.98. The van der Waals surface area contributed by atoms with Crippen molar-refractivity contribution in [1.29, 1.82) is 0 Å². The second-order valence-electron chi connectivity index (χ2n) is 6.19. The minimum Gasteiger partial charge on any atom is -0.478 e. The molecule has 3 rings (SSSR count). The molecule has 29 heavy (non-hydrogen) atoms. The van der Waals surface area contributed by atoms with Crippen LogP contribution in [0.2, 0.25) is 0 Å². The number of hydrogen-bond donors (Lipinski definition) is 3. The number of aromatic carboxylic acids is 1. The van der Waals surface area contributed by atoms with E-state index in [1.807, 2.05) is 0 Å². The van der Waals surface area contributed by atoms with Gasteiger partial charge in [0.15, 0.2) is 11.6 Å². The molecule has 2 amide bonds. The van der Waals surface area contributed by atoms with E-state index >= 15 is 0 Å². The van der Waals surface area contributed by atoms with Crippen molar-refractivity contribution in [2.24, 2.45) is 0 Å². The second kappa shape index (κ2) is 8.47. The fourth-order valence-electron chi connectivity index (χ4n) is 2.79. The van der Waals surface area contributed by atoms with Crippen molar-refractivity contribution in [3.8, 4) is 0 Å². The summed E-state index contributed by atoms with van der Waals surface area (Å²) in [5, 5.41) is 15.8. The number of carboxylic acids is 1. The maximum Gasteiger partial charge on any atom is 0.336 e. The number of carbonyl (C=O) groups is 3. The SMILES string of the molecule is O=C(NCCNC(=O)c1cc2ccccc2cc1C(=O)O)c1ccc(F)c(F)c1. The summed E-state index contributed by atoms with van der Waals surface area (Å²) in [6, 6.07) is 12.7. The van der Waals surface area contributed by atoms with Gasteiger partial charge in [0.2, 0.25) is 0 Å². The van der Waals surface area contributed by atoms with E-state index in [2.05, 4.69) is 10.6 Å². The Bertz CT molecular complexity index is 1120. The largest absolute Gasteiger partial charge is 0.478 e. The normalized spacial score (nSPS) is 10.6. The summed E-state index contributed by atoms with van der Waals surface area (Å²) in [4.78, 5) is 35.9. The molecular formula is C21H16F2N2O4. The fourth-order valence-corrected chi connectivity index (χ4v) is 2.79. The second-order valence-corrected chi connectivity index (χ2v) is 6.19. The van der Waals surface area contributed by atoms with E-state index in [1.165, 1.54) is 12.1 Å². The number of nitrogens with one attached hydrogen (secondary N) is 2. The minimum atomic E-state index is -1.23. The Morgan fingerprint density at radius 3 is 1.93 bits per heavy atom. The first-order chi connectivity index (χ1) is 13.9. The molecule has 0 spiro atoms. The molecular weight excluding hydrogens is 382 g/mol.